The van der Waals surface area contributed by atoms with Gasteiger partial charge in [0.25, 0.3) is 0 Å². The van der Waals surface area contributed by atoms with Gasteiger partial charge in [-0.05, 0) is 83.5 Å². The molecule has 0 saturated carbocycles. The van der Waals surface area contributed by atoms with E-state index in [1.165, 1.54) is 366 Å². The van der Waals surface area contributed by atoms with Gasteiger partial charge in [0.2, 0.25) is 5.91 Å². The maximum Gasteiger partial charge on any atom is 0.305 e. The molecule has 0 aliphatic heterocycles. The zero-order valence-corrected chi connectivity index (χ0v) is 58.3. The lowest BCUT2D eigenvalue weighted by Crippen LogP contribution is -2.45. The molecule has 0 bridgehead atoms. The van der Waals surface area contributed by atoms with E-state index in [4.69, 9.17) is 4.74 Å². The SMILES string of the molecule is CCCCCCCC/C=C\CCCCCCCCCC(=O)OCCCCCCCCCCCCCCCC/C=C\CCCCCCCCCCCCCCCCCCCC(=O)NC(CO)C(O)/C=C/CCCCCCCCCCCCCCCCC. The molecule has 6 nitrogen and oxygen atoms in total. The second kappa shape index (κ2) is 75.5. The Morgan fingerprint density at radius 1 is 0.314 bits per heavy atom. The van der Waals surface area contributed by atoms with Gasteiger partial charge in [-0.25, -0.2) is 0 Å². The van der Waals surface area contributed by atoms with Gasteiger partial charge in [0, 0.05) is 12.8 Å². The van der Waals surface area contributed by atoms with Crippen LogP contribution in [0.5, 0.6) is 0 Å². The molecule has 2 unspecified atom stereocenters. The monoisotopic (exact) mass is 1210 g/mol. The van der Waals surface area contributed by atoms with Gasteiger partial charge in [-0.15, -0.1) is 0 Å². The average molecular weight is 1210 g/mol. The van der Waals surface area contributed by atoms with Gasteiger partial charge in [-0.1, -0.05) is 378 Å². The second-order valence-corrected chi connectivity index (χ2v) is 27.0. The average Bonchev–Trinajstić information content (AvgIpc) is 3.59. The van der Waals surface area contributed by atoms with Crippen LogP contribution in [0.25, 0.3) is 0 Å². The number of unbranched alkanes of at least 4 members (excludes halogenated alkanes) is 59. The number of nitrogens with one attached hydrogen (secondary N) is 1. The molecule has 0 aliphatic rings. The molecular weight excluding hydrogens is 1050 g/mol. The van der Waals surface area contributed by atoms with Crippen molar-refractivity contribution in [3.63, 3.8) is 0 Å². The van der Waals surface area contributed by atoms with E-state index < -0.39 is 12.1 Å². The molecule has 0 saturated heterocycles. The number of allylic oxidation sites excluding steroid dienone is 5. The van der Waals surface area contributed by atoms with Crippen molar-refractivity contribution < 1.29 is 24.5 Å². The summed E-state index contributed by atoms with van der Waals surface area (Å²) in [5.41, 5.74) is 0. The molecule has 0 aliphatic carbocycles. The summed E-state index contributed by atoms with van der Waals surface area (Å²) in [6.07, 6.45) is 98.4. The summed E-state index contributed by atoms with van der Waals surface area (Å²) in [5, 5.41) is 23.2. The Morgan fingerprint density at radius 3 is 0.826 bits per heavy atom. The molecule has 1 amide bonds. The summed E-state index contributed by atoms with van der Waals surface area (Å²) >= 11 is 0. The maximum absolute atomic E-state index is 12.5. The number of hydrogen-bond donors (Lipinski definition) is 3. The predicted molar refractivity (Wildman–Crippen MR) is 379 cm³/mol. The number of carbonyl (C=O) groups is 2. The Kier molecular flexibility index (Phi) is 73.9. The quantitative estimate of drug-likeness (QED) is 0.0320. The first kappa shape index (κ1) is 84.1. The number of esters is 1. The van der Waals surface area contributed by atoms with Gasteiger partial charge in [0.05, 0.1) is 25.4 Å². The summed E-state index contributed by atoms with van der Waals surface area (Å²) in [6, 6.07) is -0.626. The highest BCUT2D eigenvalue weighted by Gasteiger charge is 2.18. The van der Waals surface area contributed by atoms with Crippen molar-refractivity contribution in [2.75, 3.05) is 13.2 Å². The lowest BCUT2D eigenvalue weighted by molar-refractivity contribution is -0.143. The predicted octanol–water partition coefficient (Wildman–Crippen LogP) is 25.8. The van der Waals surface area contributed by atoms with Gasteiger partial charge in [-0.3, -0.25) is 9.59 Å². The normalized spacial score (nSPS) is 12.7. The lowest BCUT2D eigenvalue weighted by atomic mass is 10.0. The van der Waals surface area contributed by atoms with E-state index in [0.29, 0.717) is 19.4 Å². The van der Waals surface area contributed by atoms with Crippen molar-refractivity contribution in [3.8, 4) is 0 Å². The van der Waals surface area contributed by atoms with E-state index in [2.05, 4.69) is 43.5 Å². The number of carbonyl (C=O) groups excluding carboxylic acids is 2. The highest BCUT2D eigenvalue weighted by molar-refractivity contribution is 5.76. The van der Waals surface area contributed by atoms with Gasteiger partial charge in [0.15, 0.2) is 0 Å². The fourth-order valence-electron chi connectivity index (χ4n) is 12.4. The van der Waals surface area contributed by atoms with Crippen molar-refractivity contribution in [3.05, 3.63) is 36.5 Å². The molecule has 0 aromatic rings. The van der Waals surface area contributed by atoms with E-state index in [1.54, 1.807) is 6.08 Å². The van der Waals surface area contributed by atoms with Crippen LogP contribution in [0.1, 0.15) is 438 Å². The zero-order valence-electron chi connectivity index (χ0n) is 58.3. The van der Waals surface area contributed by atoms with Gasteiger partial charge in [-0.2, -0.15) is 0 Å². The summed E-state index contributed by atoms with van der Waals surface area (Å²) < 4.78 is 5.51. The van der Waals surface area contributed by atoms with Crippen LogP contribution in [0.15, 0.2) is 36.5 Å². The molecule has 0 aromatic carbocycles. The van der Waals surface area contributed by atoms with Crippen molar-refractivity contribution in [2.24, 2.45) is 0 Å². The number of amides is 1. The molecule has 0 spiro atoms. The van der Waals surface area contributed by atoms with Crippen LogP contribution in [-0.4, -0.2) is 47.4 Å². The molecule has 0 radical (unpaired) electrons. The minimum Gasteiger partial charge on any atom is -0.466 e. The first-order valence-electron chi connectivity index (χ1n) is 39.3. The number of rotatable bonds is 74. The van der Waals surface area contributed by atoms with E-state index in [-0.39, 0.29) is 18.5 Å². The third-order valence-electron chi connectivity index (χ3n) is 18.4. The lowest BCUT2D eigenvalue weighted by Gasteiger charge is -2.20. The highest BCUT2D eigenvalue weighted by Crippen LogP contribution is 2.19. The van der Waals surface area contributed by atoms with Gasteiger partial charge in [0.1, 0.15) is 0 Å². The van der Waals surface area contributed by atoms with Crippen LogP contribution in [0.4, 0.5) is 0 Å². The molecular formula is C80H153NO5. The molecule has 3 N–H and O–H groups in total. The van der Waals surface area contributed by atoms with E-state index in [1.807, 2.05) is 6.08 Å². The van der Waals surface area contributed by atoms with E-state index in [9.17, 15) is 19.8 Å². The van der Waals surface area contributed by atoms with Crippen molar-refractivity contribution in [1.82, 2.24) is 5.32 Å². The number of aliphatic hydroxyl groups is 2. The molecule has 0 aromatic heterocycles. The fraction of sp³-hybridized carbons (Fsp3) is 0.900. The zero-order chi connectivity index (χ0) is 62.0. The second-order valence-electron chi connectivity index (χ2n) is 27.0. The maximum atomic E-state index is 12.5. The molecule has 86 heavy (non-hydrogen) atoms. The molecule has 508 valence electrons. The Labute approximate surface area is 538 Å². The standard InChI is InChI=1S/C80H153NO5/c1-3-5-7-9-11-13-15-17-19-40-44-48-52-56-60-64-68-72-78(83)77(76-82)81-79(84)73-69-65-61-57-53-49-45-42-38-36-34-32-30-28-26-24-22-21-23-25-27-29-31-33-35-37-39-43-47-51-55-59-63-67-71-75-86-80(85)74-70-66-62-58-54-50-46-41-20-18-16-14-12-10-8-6-4-2/h18,20,23,25,68,72,77-78,82-83H,3-17,19,21-22,24,26-67,69-71,73-76H2,1-2H3,(H,81,84)/b20-18-,25-23-,72-68+. The van der Waals surface area contributed by atoms with Crippen molar-refractivity contribution >= 4 is 11.9 Å². The third-order valence-corrected chi connectivity index (χ3v) is 18.4. The highest BCUT2D eigenvalue weighted by atomic mass is 16.5. The third kappa shape index (κ3) is 71.2. The van der Waals surface area contributed by atoms with Gasteiger partial charge >= 0.3 is 5.97 Å². The first-order valence-corrected chi connectivity index (χ1v) is 39.3. The van der Waals surface area contributed by atoms with Crippen LogP contribution < -0.4 is 5.32 Å². The smallest absolute Gasteiger partial charge is 0.305 e. The van der Waals surface area contributed by atoms with Crippen LogP contribution in [0.2, 0.25) is 0 Å². The molecule has 0 fully saturated rings. The summed E-state index contributed by atoms with van der Waals surface area (Å²) in [7, 11) is 0. The van der Waals surface area contributed by atoms with Crippen LogP contribution in [0.3, 0.4) is 0 Å². The summed E-state index contributed by atoms with van der Waals surface area (Å²) in [6.45, 7) is 4.94. The minimum absolute atomic E-state index is 0.0173. The Morgan fingerprint density at radius 2 is 0.547 bits per heavy atom. The van der Waals surface area contributed by atoms with E-state index >= 15 is 0 Å². The minimum atomic E-state index is -0.842. The first-order chi connectivity index (χ1) is 42.5. The van der Waals surface area contributed by atoms with Gasteiger partial charge < -0.3 is 20.3 Å². The summed E-state index contributed by atoms with van der Waals surface area (Å²) in [4.78, 5) is 24.6. The largest absolute Gasteiger partial charge is 0.466 e. The molecule has 0 rings (SSSR count). The summed E-state index contributed by atoms with van der Waals surface area (Å²) in [5.74, 6) is -0.0437. The van der Waals surface area contributed by atoms with Crippen LogP contribution in [-0.2, 0) is 14.3 Å². The molecule has 6 heteroatoms. The topological polar surface area (TPSA) is 95.9 Å². The van der Waals surface area contributed by atoms with Crippen molar-refractivity contribution in [2.45, 2.75) is 450 Å². The Balaban J connectivity index is 3.35. The van der Waals surface area contributed by atoms with E-state index in [0.717, 1.165) is 44.9 Å². The Hall–Kier alpha value is -1.92. The van der Waals surface area contributed by atoms with Crippen molar-refractivity contribution in [1.29, 1.82) is 0 Å². The van der Waals surface area contributed by atoms with Crippen LogP contribution >= 0.6 is 0 Å². The fourth-order valence-corrected chi connectivity index (χ4v) is 12.4. The Bertz CT molecular complexity index is 1390. The van der Waals surface area contributed by atoms with Crippen LogP contribution in [0, 0.1) is 0 Å². The number of aliphatic hydroxyl groups excluding tert-OH is 2. The number of hydrogen-bond acceptors (Lipinski definition) is 5. The number of ether oxygens (including phenoxy) is 1. The molecule has 2 atom stereocenters. The molecule has 0 heterocycles.